The molecule has 0 bridgehead atoms. The van der Waals surface area contributed by atoms with Crippen molar-refractivity contribution in [3.63, 3.8) is 0 Å². The van der Waals surface area contributed by atoms with Gasteiger partial charge < -0.3 is 0 Å². The number of carbonyl (C=O) groups is 1. The lowest BCUT2D eigenvalue weighted by Gasteiger charge is -2.30. The van der Waals surface area contributed by atoms with E-state index in [1.807, 2.05) is 12.1 Å². The minimum absolute atomic E-state index is 0.0557. The van der Waals surface area contributed by atoms with Gasteiger partial charge in [-0.25, -0.2) is 0 Å². The predicted molar refractivity (Wildman–Crippen MR) is 77.3 cm³/mol. The Labute approximate surface area is 117 Å². The van der Waals surface area contributed by atoms with Gasteiger partial charge in [-0.05, 0) is 42.9 Å². The van der Waals surface area contributed by atoms with Crippen LogP contribution in [0.4, 0.5) is 0 Å². The van der Waals surface area contributed by atoms with Crippen molar-refractivity contribution in [2.45, 2.75) is 38.0 Å². The summed E-state index contributed by atoms with van der Waals surface area (Å²) in [6.07, 6.45) is 9.92. The van der Waals surface area contributed by atoms with Crippen LogP contribution in [0.25, 0.3) is 0 Å². The molecule has 0 heterocycles. The maximum absolute atomic E-state index is 12.2. The quantitative estimate of drug-likeness (QED) is 0.760. The summed E-state index contributed by atoms with van der Waals surface area (Å²) in [6.45, 7) is 0. The van der Waals surface area contributed by atoms with Gasteiger partial charge in [0.2, 0.25) is 0 Å². The summed E-state index contributed by atoms with van der Waals surface area (Å²) < 4.78 is 1.05. The van der Waals surface area contributed by atoms with Gasteiger partial charge in [0.15, 0.2) is 0 Å². The SMILES string of the molecule is C#CCCC1CCCC(=O)C1c1ccc(Br)cc1. The molecule has 1 aliphatic carbocycles. The first kappa shape index (κ1) is 13.4. The zero-order valence-corrected chi connectivity index (χ0v) is 11.9. The Morgan fingerprint density at radius 2 is 2.06 bits per heavy atom. The predicted octanol–water partition coefficient (Wildman–Crippen LogP) is 4.32. The fourth-order valence-electron chi connectivity index (χ4n) is 2.83. The van der Waals surface area contributed by atoms with Gasteiger partial charge >= 0.3 is 0 Å². The zero-order chi connectivity index (χ0) is 13.0. The van der Waals surface area contributed by atoms with Gasteiger partial charge in [0.05, 0.1) is 0 Å². The maximum Gasteiger partial charge on any atom is 0.140 e. The Morgan fingerprint density at radius 1 is 1.33 bits per heavy atom. The molecule has 1 nitrogen and oxygen atoms in total. The van der Waals surface area contributed by atoms with Crippen LogP contribution < -0.4 is 0 Å². The normalized spacial score (nSPS) is 23.7. The van der Waals surface area contributed by atoms with Crippen LogP contribution in [0.15, 0.2) is 28.7 Å². The van der Waals surface area contributed by atoms with E-state index in [9.17, 15) is 4.79 Å². The molecule has 1 aromatic rings. The van der Waals surface area contributed by atoms with E-state index < -0.39 is 0 Å². The molecule has 0 aliphatic heterocycles. The van der Waals surface area contributed by atoms with Crippen molar-refractivity contribution in [1.82, 2.24) is 0 Å². The highest BCUT2D eigenvalue weighted by atomic mass is 79.9. The summed E-state index contributed by atoms with van der Waals surface area (Å²) in [7, 11) is 0. The summed E-state index contributed by atoms with van der Waals surface area (Å²) in [4.78, 5) is 12.2. The highest BCUT2D eigenvalue weighted by molar-refractivity contribution is 9.10. The molecule has 1 aliphatic rings. The fourth-order valence-corrected chi connectivity index (χ4v) is 3.10. The lowest BCUT2D eigenvalue weighted by molar-refractivity contribution is -0.123. The molecule has 0 N–H and O–H groups in total. The Balaban J connectivity index is 2.21. The third-order valence-corrected chi connectivity index (χ3v) is 4.23. The topological polar surface area (TPSA) is 17.1 Å². The first-order valence-electron chi connectivity index (χ1n) is 6.44. The summed E-state index contributed by atoms with van der Waals surface area (Å²) >= 11 is 3.43. The molecule has 0 saturated heterocycles. The van der Waals surface area contributed by atoms with E-state index in [4.69, 9.17) is 6.42 Å². The van der Waals surface area contributed by atoms with Crippen LogP contribution in [-0.4, -0.2) is 5.78 Å². The van der Waals surface area contributed by atoms with Gasteiger partial charge in [0.25, 0.3) is 0 Å². The lowest BCUT2D eigenvalue weighted by atomic mass is 9.73. The van der Waals surface area contributed by atoms with Gasteiger partial charge in [0, 0.05) is 23.2 Å². The molecule has 0 aromatic heterocycles. The van der Waals surface area contributed by atoms with E-state index in [2.05, 4.69) is 34.0 Å². The third-order valence-electron chi connectivity index (χ3n) is 3.70. The highest BCUT2D eigenvalue weighted by Crippen LogP contribution is 2.38. The Bertz CT molecular complexity index is 455. The Morgan fingerprint density at radius 3 is 2.72 bits per heavy atom. The van der Waals surface area contributed by atoms with Gasteiger partial charge in [-0.15, -0.1) is 12.3 Å². The highest BCUT2D eigenvalue weighted by Gasteiger charge is 2.32. The molecule has 18 heavy (non-hydrogen) atoms. The minimum Gasteiger partial charge on any atom is -0.299 e. The summed E-state index contributed by atoms with van der Waals surface area (Å²) in [6, 6.07) is 8.13. The van der Waals surface area contributed by atoms with E-state index in [1.54, 1.807) is 0 Å². The van der Waals surface area contributed by atoms with Gasteiger partial charge in [-0.3, -0.25) is 4.79 Å². The number of hydrogen-bond donors (Lipinski definition) is 0. The van der Waals surface area contributed by atoms with Crippen LogP contribution in [0, 0.1) is 18.3 Å². The average Bonchev–Trinajstić information content (AvgIpc) is 2.38. The largest absolute Gasteiger partial charge is 0.299 e. The number of hydrogen-bond acceptors (Lipinski definition) is 1. The molecule has 1 saturated carbocycles. The molecule has 0 radical (unpaired) electrons. The second-order valence-corrected chi connectivity index (χ2v) is 5.81. The van der Waals surface area contributed by atoms with E-state index in [0.717, 1.165) is 35.7 Å². The van der Waals surface area contributed by atoms with Crippen LogP contribution >= 0.6 is 15.9 Å². The van der Waals surface area contributed by atoms with E-state index >= 15 is 0 Å². The molecule has 1 aromatic carbocycles. The van der Waals surface area contributed by atoms with Crippen molar-refractivity contribution in [1.29, 1.82) is 0 Å². The van der Waals surface area contributed by atoms with Crippen LogP contribution in [0.2, 0.25) is 0 Å². The molecular weight excluding hydrogens is 288 g/mol. The van der Waals surface area contributed by atoms with Crippen molar-refractivity contribution in [3.05, 3.63) is 34.3 Å². The summed E-state index contributed by atoms with van der Waals surface area (Å²) in [5.74, 6) is 3.55. The molecule has 2 heteroatoms. The number of rotatable bonds is 3. The maximum atomic E-state index is 12.2. The lowest BCUT2D eigenvalue weighted by Crippen LogP contribution is -2.26. The number of terminal acetylenes is 1. The first-order chi connectivity index (χ1) is 8.72. The summed E-state index contributed by atoms with van der Waals surface area (Å²) in [5, 5.41) is 0. The zero-order valence-electron chi connectivity index (χ0n) is 10.4. The molecule has 2 unspecified atom stereocenters. The van der Waals surface area contributed by atoms with Crippen LogP contribution in [0.1, 0.15) is 43.6 Å². The number of benzene rings is 1. The molecule has 1 fully saturated rings. The van der Waals surface area contributed by atoms with Gasteiger partial charge in [-0.2, -0.15) is 0 Å². The van der Waals surface area contributed by atoms with Crippen LogP contribution in [-0.2, 0) is 4.79 Å². The van der Waals surface area contributed by atoms with Crippen molar-refractivity contribution in [2.24, 2.45) is 5.92 Å². The smallest absolute Gasteiger partial charge is 0.140 e. The van der Waals surface area contributed by atoms with Crippen molar-refractivity contribution in [3.8, 4) is 12.3 Å². The van der Waals surface area contributed by atoms with Gasteiger partial charge in [-0.1, -0.05) is 28.1 Å². The first-order valence-corrected chi connectivity index (χ1v) is 7.23. The van der Waals surface area contributed by atoms with Crippen molar-refractivity contribution >= 4 is 21.7 Å². The van der Waals surface area contributed by atoms with Crippen molar-refractivity contribution in [2.75, 3.05) is 0 Å². The van der Waals surface area contributed by atoms with Crippen molar-refractivity contribution < 1.29 is 4.79 Å². The Kier molecular flexibility index (Phi) is 4.60. The van der Waals surface area contributed by atoms with E-state index in [0.29, 0.717) is 18.1 Å². The second-order valence-electron chi connectivity index (χ2n) is 4.89. The van der Waals surface area contributed by atoms with E-state index in [-0.39, 0.29) is 5.92 Å². The van der Waals surface area contributed by atoms with Crippen LogP contribution in [0.3, 0.4) is 0 Å². The molecule has 94 valence electrons. The number of carbonyl (C=O) groups excluding carboxylic acids is 1. The minimum atomic E-state index is 0.0557. The van der Waals surface area contributed by atoms with Gasteiger partial charge in [0.1, 0.15) is 5.78 Å². The molecule has 0 amide bonds. The molecule has 2 atom stereocenters. The number of ketones is 1. The molecule has 0 spiro atoms. The standard InChI is InChI=1S/C16H17BrO/c1-2-3-5-12-6-4-7-15(18)16(12)13-8-10-14(17)11-9-13/h1,8-12,16H,3-7H2. The monoisotopic (exact) mass is 304 g/mol. The molecule has 2 rings (SSSR count). The number of Topliss-reactive ketones (excluding diaryl/α,β-unsaturated/α-hetero) is 1. The fraction of sp³-hybridized carbons (Fsp3) is 0.438. The Hall–Kier alpha value is -1.07. The second kappa shape index (κ2) is 6.20. The summed E-state index contributed by atoms with van der Waals surface area (Å²) in [5.41, 5.74) is 1.14. The van der Waals surface area contributed by atoms with Crippen LogP contribution in [0.5, 0.6) is 0 Å². The molecular formula is C16H17BrO. The van der Waals surface area contributed by atoms with E-state index in [1.165, 1.54) is 0 Å². The third kappa shape index (κ3) is 3.03. The number of halogens is 1. The average molecular weight is 305 g/mol.